The molecule has 2 aromatic carbocycles. The summed E-state index contributed by atoms with van der Waals surface area (Å²) in [4.78, 5) is 11.8. The molecule has 0 spiro atoms. The second-order valence-corrected chi connectivity index (χ2v) is 4.30. The van der Waals surface area contributed by atoms with Gasteiger partial charge in [-0.1, -0.05) is 24.3 Å². The molecule has 0 aliphatic heterocycles. The second-order valence-electron chi connectivity index (χ2n) is 4.30. The molecule has 0 unspecified atom stereocenters. The third-order valence-electron chi connectivity index (χ3n) is 2.73. The monoisotopic (exact) mass is 272 g/mol. The van der Waals surface area contributed by atoms with Crippen molar-refractivity contribution < 1.29 is 15.0 Å². The van der Waals surface area contributed by atoms with Crippen molar-refractivity contribution in [2.45, 2.75) is 13.2 Å². The van der Waals surface area contributed by atoms with Crippen LogP contribution in [0.3, 0.4) is 0 Å². The summed E-state index contributed by atoms with van der Waals surface area (Å²) in [6.07, 6.45) is 0. The highest BCUT2D eigenvalue weighted by atomic mass is 16.3. The molecular weight excluding hydrogens is 256 g/mol. The summed E-state index contributed by atoms with van der Waals surface area (Å²) in [7, 11) is 0. The van der Waals surface area contributed by atoms with E-state index >= 15 is 0 Å². The fourth-order valence-corrected chi connectivity index (χ4v) is 1.79. The first-order valence-corrected chi connectivity index (χ1v) is 6.19. The molecule has 2 aromatic rings. The number of carbonyl (C=O) groups excluding carboxylic acids is 1. The van der Waals surface area contributed by atoms with Gasteiger partial charge in [0.2, 0.25) is 0 Å². The van der Waals surface area contributed by atoms with Crippen LogP contribution in [0.1, 0.15) is 11.1 Å². The Bertz CT molecular complexity index is 548. The van der Waals surface area contributed by atoms with Gasteiger partial charge in [-0.05, 0) is 35.4 Å². The Kier molecular flexibility index (Phi) is 4.70. The van der Waals surface area contributed by atoms with Gasteiger partial charge in [-0.15, -0.1) is 0 Å². The molecule has 0 atom stereocenters. The van der Waals surface area contributed by atoms with Crippen molar-refractivity contribution in [3.63, 3.8) is 0 Å². The normalized spacial score (nSPS) is 10.1. The first-order chi connectivity index (χ1) is 9.71. The molecule has 20 heavy (non-hydrogen) atoms. The number of aliphatic hydroxyl groups excluding tert-OH is 2. The van der Waals surface area contributed by atoms with Crippen LogP contribution >= 0.6 is 0 Å². The number of urea groups is 1. The van der Waals surface area contributed by atoms with Crippen molar-refractivity contribution >= 4 is 17.4 Å². The summed E-state index contributed by atoms with van der Waals surface area (Å²) in [6, 6.07) is 13.6. The lowest BCUT2D eigenvalue weighted by atomic mass is 10.2. The van der Waals surface area contributed by atoms with Crippen molar-refractivity contribution in [1.82, 2.24) is 0 Å². The standard InChI is InChI=1S/C15H16N2O3/c18-9-11-3-1-5-13(7-11)16-15(20)17-14-6-2-4-12(8-14)10-19/h1-8,18-19H,9-10H2,(H2,16,17,20). The molecule has 0 heterocycles. The molecular formula is C15H16N2O3. The van der Waals surface area contributed by atoms with Crippen molar-refractivity contribution in [3.05, 3.63) is 59.7 Å². The van der Waals surface area contributed by atoms with Crippen LogP contribution in [0.15, 0.2) is 48.5 Å². The highest BCUT2D eigenvalue weighted by Crippen LogP contribution is 2.13. The van der Waals surface area contributed by atoms with E-state index in [4.69, 9.17) is 10.2 Å². The Morgan fingerprint density at radius 2 is 1.30 bits per heavy atom. The summed E-state index contributed by atoms with van der Waals surface area (Å²) in [5.41, 5.74) is 2.66. The SMILES string of the molecule is O=C(Nc1cccc(CO)c1)Nc1cccc(CO)c1. The molecule has 0 saturated heterocycles. The van der Waals surface area contributed by atoms with Gasteiger partial charge in [0.05, 0.1) is 13.2 Å². The Morgan fingerprint density at radius 3 is 1.70 bits per heavy atom. The molecule has 0 bridgehead atoms. The van der Waals surface area contributed by atoms with Crippen molar-refractivity contribution in [1.29, 1.82) is 0 Å². The largest absolute Gasteiger partial charge is 0.392 e. The van der Waals surface area contributed by atoms with Crippen LogP contribution in [0.5, 0.6) is 0 Å². The van der Waals surface area contributed by atoms with Gasteiger partial charge in [0.1, 0.15) is 0 Å². The van der Waals surface area contributed by atoms with E-state index in [0.717, 1.165) is 11.1 Å². The molecule has 0 aliphatic carbocycles. The van der Waals surface area contributed by atoms with Crippen LogP contribution < -0.4 is 10.6 Å². The van der Waals surface area contributed by atoms with E-state index in [1.54, 1.807) is 48.5 Å². The number of amides is 2. The number of benzene rings is 2. The van der Waals surface area contributed by atoms with Gasteiger partial charge in [0.25, 0.3) is 0 Å². The average Bonchev–Trinajstić information content (AvgIpc) is 2.47. The fourth-order valence-electron chi connectivity index (χ4n) is 1.79. The first-order valence-electron chi connectivity index (χ1n) is 6.19. The maximum Gasteiger partial charge on any atom is 0.323 e. The summed E-state index contributed by atoms with van der Waals surface area (Å²) in [5, 5.41) is 23.4. The topological polar surface area (TPSA) is 81.6 Å². The molecule has 5 nitrogen and oxygen atoms in total. The van der Waals surface area contributed by atoms with Gasteiger partial charge in [-0.2, -0.15) is 0 Å². The third-order valence-corrected chi connectivity index (χ3v) is 2.73. The lowest BCUT2D eigenvalue weighted by Gasteiger charge is -2.09. The van der Waals surface area contributed by atoms with Crippen molar-refractivity contribution in [2.75, 3.05) is 10.6 Å². The second kappa shape index (κ2) is 6.70. The van der Waals surface area contributed by atoms with E-state index in [-0.39, 0.29) is 19.2 Å². The van der Waals surface area contributed by atoms with Gasteiger partial charge in [-0.3, -0.25) is 0 Å². The zero-order chi connectivity index (χ0) is 14.4. The van der Waals surface area contributed by atoms with Crippen LogP contribution in [0.2, 0.25) is 0 Å². The molecule has 2 amide bonds. The fraction of sp³-hybridized carbons (Fsp3) is 0.133. The highest BCUT2D eigenvalue weighted by Gasteiger charge is 2.03. The maximum absolute atomic E-state index is 11.8. The van der Waals surface area contributed by atoms with E-state index < -0.39 is 0 Å². The third kappa shape index (κ3) is 3.81. The van der Waals surface area contributed by atoms with Gasteiger partial charge in [0.15, 0.2) is 0 Å². The van der Waals surface area contributed by atoms with E-state index in [0.29, 0.717) is 11.4 Å². The van der Waals surface area contributed by atoms with E-state index in [1.165, 1.54) is 0 Å². The Labute approximate surface area is 116 Å². The minimum Gasteiger partial charge on any atom is -0.392 e. The molecule has 0 aromatic heterocycles. The van der Waals surface area contributed by atoms with E-state index in [2.05, 4.69) is 10.6 Å². The maximum atomic E-state index is 11.8. The number of carbonyl (C=O) groups is 1. The average molecular weight is 272 g/mol. The molecule has 0 saturated carbocycles. The van der Waals surface area contributed by atoms with Crippen LogP contribution in [0, 0.1) is 0 Å². The first kappa shape index (κ1) is 14.0. The van der Waals surface area contributed by atoms with Gasteiger partial charge >= 0.3 is 6.03 Å². The predicted octanol–water partition coefficient (Wildman–Crippen LogP) is 2.32. The number of anilines is 2. The molecule has 0 fully saturated rings. The summed E-state index contributed by atoms with van der Waals surface area (Å²) in [6.45, 7) is -0.147. The zero-order valence-corrected chi connectivity index (χ0v) is 10.8. The number of nitrogens with one attached hydrogen (secondary N) is 2. The minimum absolute atomic E-state index is 0.0737. The summed E-state index contributed by atoms with van der Waals surface area (Å²) < 4.78 is 0. The number of hydrogen-bond acceptors (Lipinski definition) is 3. The molecule has 5 heteroatoms. The molecule has 104 valence electrons. The number of rotatable bonds is 4. The van der Waals surface area contributed by atoms with Gasteiger partial charge < -0.3 is 20.8 Å². The predicted molar refractivity (Wildman–Crippen MR) is 77.4 cm³/mol. The number of aliphatic hydroxyl groups is 2. The smallest absolute Gasteiger partial charge is 0.323 e. The highest BCUT2D eigenvalue weighted by molar-refractivity contribution is 5.99. The summed E-state index contributed by atoms with van der Waals surface area (Å²) in [5.74, 6) is 0. The van der Waals surface area contributed by atoms with Crippen molar-refractivity contribution in [3.8, 4) is 0 Å². The van der Waals surface area contributed by atoms with Gasteiger partial charge in [-0.25, -0.2) is 4.79 Å². The lowest BCUT2D eigenvalue weighted by molar-refractivity contribution is 0.262. The Morgan fingerprint density at radius 1 is 0.850 bits per heavy atom. The quantitative estimate of drug-likeness (QED) is 0.689. The molecule has 2 rings (SSSR count). The van der Waals surface area contributed by atoms with E-state index in [1.807, 2.05) is 0 Å². The summed E-state index contributed by atoms with van der Waals surface area (Å²) >= 11 is 0. The molecule has 4 N–H and O–H groups in total. The molecule has 0 aliphatic rings. The lowest BCUT2D eigenvalue weighted by Crippen LogP contribution is -2.19. The van der Waals surface area contributed by atoms with Crippen LogP contribution in [0.4, 0.5) is 16.2 Å². The number of hydrogen-bond donors (Lipinski definition) is 4. The Balaban J connectivity index is 2.01. The van der Waals surface area contributed by atoms with Crippen LogP contribution in [0.25, 0.3) is 0 Å². The van der Waals surface area contributed by atoms with Crippen molar-refractivity contribution in [2.24, 2.45) is 0 Å². The van der Waals surface area contributed by atoms with Crippen LogP contribution in [-0.2, 0) is 13.2 Å². The van der Waals surface area contributed by atoms with Gasteiger partial charge in [0, 0.05) is 11.4 Å². The van der Waals surface area contributed by atoms with E-state index in [9.17, 15) is 4.79 Å². The minimum atomic E-state index is -0.379. The zero-order valence-electron chi connectivity index (χ0n) is 10.8. The molecule has 0 radical (unpaired) electrons. The van der Waals surface area contributed by atoms with Crippen LogP contribution in [-0.4, -0.2) is 16.2 Å². The Hall–Kier alpha value is -2.37.